The monoisotopic (exact) mass is 408 g/mol. The van der Waals surface area contributed by atoms with Crippen LogP contribution in [-0.4, -0.2) is 19.0 Å². The van der Waals surface area contributed by atoms with E-state index in [1.165, 1.54) is 12.0 Å². The number of ketones is 1. The number of hydrogen-bond donors (Lipinski definition) is 0. The number of carbonyl (C=O) groups excluding carboxylic acids is 1. The van der Waals surface area contributed by atoms with E-state index in [1.54, 1.807) is 6.08 Å². The first-order valence-corrected chi connectivity index (χ1v) is 11.4. The third-order valence-corrected chi connectivity index (χ3v) is 5.04. The SMILES string of the molecule is CCCCCOc1cccc(C(=O)C=Cc2cc(CC)ccc2OCCCCC)c1. The molecule has 2 aromatic carbocycles. The van der Waals surface area contributed by atoms with Gasteiger partial charge in [-0.3, -0.25) is 4.79 Å². The van der Waals surface area contributed by atoms with Gasteiger partial charge in [-0.2, -0.15) is 0 Å². The highest BCUT2D eigenvalue weighted by Gasteiger charge is 2.07. The van der Waals surface area contributed by atoms with Gasteiger partial charge in [0.15, 0.2) is 5.78 Å². The van der Waals surface area contributed by atoms with Gasteiger partial charge in [-0.25, -0.2) is 0 Å². The molecule has 162 valence electrons. The van der Waals surface area contributed by atoms with Crippen molar-refractivity contribution in [2.45, 2.75) is 65.7 Å². The van der Waals surface area contributed by atoms with E-state index in [1.807, 2.05) is 36.4 Å². The van der Waals surface area contributed by atoms with Crippen LogP contribution in [0.5, 0.6) is 11.5 Å². The zero-order valence-electron chi connectivity index (χ0n) is 18.8. The number of unbranched alkanes of at least 4 members (excludes halogenated alkanes) is 4. The van der Waals surface area contributed by atoms with E-state index in [0.29, 0.717) is 18.8 Å². The minimum atomic E-state index is -0.0344. The predicted octanol–water partition coefficient (Wildman–Crippen LogP) is 7.28. The fourth-order valence-corrected chi connectivity index (χ4v) is 3.16. The van der Waals surface area contributed by atoms with Gasteiger partial charge >= 0.3 is 0 Å². The van der Waals surface area contributed by atoms with Gasteiger partial charge in [0.2, 0.25) is 0 Å². The molecule has 0 radical (unpaired) electrons. The van der Waals surface area contributed by atoms with E-state index in [0.717, 1.165) is 55.6 Å². The van der Waals surface area contributed by atoms with Crippen molar-refractivity contribution in [2.75, 3.05) is 13.2 Å². The molecule has 0 atom stereocenters. The molecule has 0 unspecified atom stereocenters. The summed E-state index contributed by atoms with van der Waals surface area (Å²) in [6, 6.07) is 13.6. The normalized spacial score (nSPS) is 11.0. The van der Waals surface area contributed by atoms with Crippen molar-refractivity contribution in [1.29, 1.82) is 0 Å². The average Bonchev–Trinajstić information content (AvgIpc) is 2.78. The topological polar surface area (TPSA) is 35.5 Å². The molecule has 0 amide bonds. The molecule has 0 N–H and O–H groups in total. The van der Waals surface area contributed by atoms with Gasteiger partial charge in [-0.15, -0.1) is 0 Å². The Morgan fingerprint density at radius 1 is 0.867 bits per heavy atom. The Morgan fingerprint density at radius 3 is 2.30 bits per heavy atom. The second kappa shape index (κ2) is 13.6. The molecule has 0 aliphatic rings. The third-order valence-electron chi connectivity index (χ3n) is 5.04. The van der Waals surface area contributed by atoms with Crippen LogP contribution in [0.3, 0.4) is 0 Å². The fourth-order valence-electron chi connectivity index (χ4n) is 3.16. The highest BCUT2D eigenvalue weighted by molar-refractivity contribution is 6.07. The first kappa shape index (κ1) is 23.7. The summed E-state index contributed by atoms with van der Waals surface area (Å²) in [5.41, 5.74) is 2.81. The number of ether oxygens (including phenoxy) is 2. The molecule has 30 heavy (non-hydrogen) atoms. The van der Waals surface area contributed by atoms with Crippen molar-refractivity contribution in [3.63, 3.8) is 0 Å². The number of rotatable bonds is 14. The van der Waals surface area contributed by atoms with Gasteiger partial charge in [0.25, 0.3) is 0 Å². The fraction of sp³-hybridized carbons (Fsp3) is 0.444. The van der Waals surface area contributed by atoms with E-state index >= 15 is 0 Å². The van der Waals surface area contributed by atoms with Crippen molar-refractivity contribution < 1.29 is 14.3 Å². The largest absolute Gasteiger partial charge is 0.494 e. The first-order chi connectivity index (χ1) is 14.7. The molecule has 0 fully saturated rings. The molecule has 0 saturated heterocycles. The molecular weight excluding hydrogens is 372 g/mol. The maximum atomic E-state index is 12.7. The maximum Gasteiger partial charge on any atom is 0.185 e. The van der Waals surface area contributed by atoms with Crippen molar-refractivity contribution in [1.82, 2.24) is 0 Å². The quantitative estimate of drug-likeness (QED) is 0.187. The summed E-state index contributed by atoms with van der Waals surface area (Å²) < 4.78 is 11.8. The molecule has 0 heterocycles. The van der Waals surface area contributed by atoms with Crippen LogP contribution < -0.4 is 9.47 Å². The van der Waals surface area contributed by atoms with Crippen LogP contribution in [0.15, 0.2) is 48.5 Å². The first-order valence-electron chi connectivity index (χ1n) is 11.4. The lowest BCUT2D eigenvalue weighted by Crippen LogP contribution is -2.00. The van der Waals surface area contributed by atoms with Gasteiger partial charge < -0.3 is 9.47 Å². The van der Waals surface area contributed by atoms with Crippen molar-refractivity contribution in [3.8, 4) is 11.5 Å². The van der Waals surface area contributed by atoms with Crippen LogP contribution in [-0.2, 0) is 6.42 Å². The van der Waals surface area contributed by atoms with Crippen LogP contribution in [0.4, 0.5) is 0 Å². The molecule has 2 rings (SSSR count). The molecule has 0 aliphatic heterocycles. The van der Waals surface area contributed by atoms with Gasteiger partial charge in [-0.1, -0.05) is 64.7 Å². The number of hydrogen-bond acceptors (Lipinski definition) is 3. The molecule has 3 heteroatoms. The summed E-state index contributed by atoms with van der Waals surface area (Å²) in [5.74, 6) is 1.55. The number of aryl methyl sites for hydroxylation is 1. The average molecular weight is 409 g/mol. The maximum absolute atomic E-state index is 12.7. The molecule has 0 aliphatic carbocycles. The summed E-state index contributed by atoms with van der Waals surface area (Å²) in [7, 11) is 0. The van der Waals surface area contributed by atoms with E-state index in [-0.39, 0.29) is 5.78 Å². The Balaban J connectivity index is 2.07. The van der Waals surface area contributed by atoms with Gasteiger partial charge in [-0.05, 0) is 61.2 Å². The molecule has 0 saturated carbocycles. The Kier molecular flexibility index (Phi) is 10.8. The summed E-state index contributed by atoms with van der Waals surface area (Å²) in [4.78, 5) is 12.7. The lowest BCUT2D eigenvalue weighted by Gasteiger charge is -2.11. The standard InChI is InChI=1S/C27H36O3/c1-4-7-9-18-29-25-13-11-12-23(21-25)26(28)16-15-24-20-22(6-3)14-17-27(24)30-19-10-8-5-2/h11-17,20-21H,4-10,18-19H2,1-3H3. The highest BCUT2D eigenvalue weighted by Crippen LogP contribution is 2.23. The minimum absolute atomic E-state index is 0.0344. The number of allylic oxidation sites excluding steroid dienone is 1. The molecule has 0 aromatic heterocycles. The van der Waals surface area contributed by atoms with Crippen LogP contribution >= 0.6 is 0 Å². The summed E-state index contributed by atoms with van der Waals surface area (Å²) in [5, 5.41) is 0. The summed E-state index contributed by atoms with van der Waals surface area (Å²) in [6.07, 6.45) is 11.2. The van der Waals surface area contributed by atoms with Crippen LogP contribution in [0.2, 0.25) is 0 Å². The Labute approximate surface area is 182 Å². The molecule has 3 nitrogen and oxygen atoms in total. The number of carbonyl (C=O) groups is 1. The zero-order valence-corrected chi connectivity index (χ0v) is 18.8. The third kappa shape index (κ3) is 8.06. The Bertz CT molecular complexity index is 808. The Morgan fingerprint density at radius 2 is 1.60 bits per heavy atom. The summed E-state index contributed by atoms with van der Waals surface area (Å²) in [6.45, 7) is 7.86. The van der Waals surface area contributed by atoms with Gasteiger partial charge in [0.1, 0.15) is 11.5 Å². The number of benzene rings is 2. The highest BCUT2D eigenvalue weighted by atomic mass is 16.5. The minimum Gasteiger partial charge on any atom is -0.494 e. The van der Waals surface area contributed by atoms with E-state index < -0.39 is 0 Å². The van der Waals surface area contributed by atoms with E-state index in [4.69, 9.17) is 9.47 Å². The van der Waals surface area contributed by atoms with E-state index in [9.17, 15) is 4.79 Å². The van der Waals surface area contributed by atoms with Crippen molar-refractivity contribution in [2.24, 2.45) is 0 Å². The lowest BCUT2D eigenvalue weighted by atomic mass is 10.1. The lowest BCUT2D eigenvalue weighted by molar-refractivity contribution is 0.104. The van der Waals surface area contributed by atoms with Crippen LogP contribution in [0.1, 0.15) is 80.8 Å². The molecular formula is C27H36O3. The second-order valence-electron chi connectivity index (χ2n) is 7.56. The Hall–Kier alpha value is -2.55. The molecule has 2 aromatic rings. The van der Waals surface area contributed by atoms with Crippen molar-refractivity contribution in [3.05, 3.63) is 65.2 Å². The van der Waals surface area contributed by atoms with Gasteiger partial charge in [0.05, 0.1) is 13.2 Å². The zero-order chi connectivity index (χ0) is 21.6. The summed E-state index contributed by atoms with van der Waals surface area (Å²) >= 11 is 0. The smallest absolute Gasteiger partial charge is 0.185 e. The molecule has 0 bridgehead atoms. The van der Waals surface area contributed by atoms with Crippen LogP contribution in [0, 0.1) is 0 Å². The van der Waals surface area contributed by atoms with Crippen LogP contribution in [0.25, 0.3) is 6.08 Å². The van der Waals surface area contributed by atoms with E-state index in [2.05, 4.69) is 32.9 Å². The molecule has 0 spiro atoms. The second-order valence-corrected chi connectivity index (χ2v) is 7.56. The van der Waals surface area contributed by atoms with Gasteiger partial charge in [0, 0.05) is 11.1 Å². The predicted molar refractivity (Wildman–Crippen MR) is 126 cm³/mol. The van der Waals surface area contributed by atoms with Crippen molar-refractivity contribution >= 4 is 11.9 Å².